The molecule has 4 nitrogen and oxygen atoms in total. The summed E-state index contributed by atoms with van der Waals surface area (Å²) < 4.78 is 5.99. The van der Waals surface area contributed by atoms with E-state index in [1.807, 2.05) is 51.1 Å². The zero-order chi connectivity index (χ0) is 15.9. The highest BCUT2D eigenvalue weighted by molar-refractivity contribution is 7.13. The number of ether oxygens (including phenoxy) is 1. The number of hydrogen-bond acceptors (Lipinski definition) is 4. The number of carbonyl (C=O) groups is 1. The van der Waals surface area contributed by atoms with Gasteiger partial charge in [0.05, 0.1) is 10.9 Å². The van der Waals surface area contributed by atoms with Crippen molar-refractivity contribution in [1.29, 1.82) is 0 Å². The molecule has 22 heavy (non-hydrogen) atoms. The summed E-state index contributed by atoms with van der Waals surface area (Å²) in [7, 11) is 0. The SMILES string of the molecule is Cc1ccc(C(=O)NC2CC(C)(C)Oc3ccc(N)cc32)s1. The standard InChI is InChI=1S/C17H20N2O2S/c1-10-4-7-15(22-10)16(20)19-13-9-17(2,3)21-14-6-5-11(18)8-12(13)14/h4-8,13H,9,18H2,1-3H3,(H,19,20). The van der Waals surface area contributed by atoms with E-state index in [1.165, 1.54) is 11.3 Å². The number of nitrogens with one attached hydrogen (secondary N) is 1. The number of carbonyl (C=O) groups excluding carboxylic acids is 1. The third-order valence-electron chi connectivity index (χ3n) is 3.76. The minimum Gasteiger partial charge on any atom is -0.487 e. The molecule has 0 radical (unpaired) electrons. The number of benzene rings is 1. The fraction of sp³-hybridized carbons (Fsp3) is 0.353. The molecule has 0 aliphatic carbocycles. The molecule has 2 heterocycles. The molecule has 1 aliphatic rings. The summed E-state index contributed by atoms with van der Waals surface area (Å²) in [6.07, 6.45) is 0.708. The number of amides is 1. The fourth-order valence-corrected chi connectivity index (χ4v) is 3.56. The number of thiophene rings is 1. The van der Waals surface area contributed by atoms with E-state index in [4.69, 9.17) is 10.5 Å². The first-order chi connectivity index (χ1) is 10.3. The lowest BCUT2D eigenvalue weighted by atomic mass is 9.89. The predicted molar refractivity (Wildman–Crippen MR) is 89.4 cm³/mol. The lowest BCUT2D eigenvalue weighted by Crippen LogP contribution is -2.41. The maximum Gasteiger partial charge on any atom is 0.261 e. The first kappa shape index (κ1) is 14.9. The van der Waals surface area contributed by atoms with E-state index >= 15 is 0 Å². The maximum atomic E-state index is 12.5. The highest BCUT2D eigenvalue weighted by atomic mass is 32.1. The highest BCUT2D eigenvalue weighted by Gasteiger charge is 2.34. The Morgan fingerprint density at radius 3 is 2.82 bits per heavy atom. The van der Waals surface area contributed by atoms with Crippen molar-refractivity contribution < 1.29 is 9.53 Å². The molecule has 1 amide bonds. The van der Waals surface area contributed by atoms with Gasteiger partial charge in [-0.25, -0.2) is 0 Å². The van der Waals surface area contributed by atoms with E-state index in [1.54, 1.807) is 0 Å². The molecule has 3 N–H and O–H groups in total. The van der Waals surface area contributed by atoms with Gasteiger partial charge in [0.2, 0.25) is 0 Å². The van der Waals surface area contributed by atoms with Crippen LogP contribution in [0.3, 0.4) is 0 Å². The van der Waals surface area contributed by atoms with Gasteiger partial charge in [0, 0.05) is 22.5 Å². The quantitative estimate of drug-likeness (QED) is 0.831. The van der Waals surface area contributed by atoms with E-state index in [9.17, 15) is 4.79 Å². The molecule has 0 saturated heterocycles. The Labute approximate surface area is 134 Å². The molecular weight excluding hydrogens is 296 g/mol. The molecule has 0 fully saturated rings. The minimum atomic E-state index is -0.327. The number of aryl methyl sites for hydroxylation is 1. The molecule has 1 aromatic heterocycles. The van der Waals surface area contributed by atoms with E-state index < -0.39 is 0 Å². The van der Waals surface area contributed by atoms with E-state index in [-0.39, 0.29) is 17.6 Å². The second-order valence-corrected chi connectivity index (χ2v) is 7.59. The van der Waals surface area contributed by atoms with Crippen molar-refractivity contribution in [2.75, 3.05) is 5.73 Å². The van der Waals surface area contributed by atoms with Crippen molar-refractivity contribution in [1.82, 2.24) is 5.32 Å². The zero-order valence-electron chi connectivity index (χ0n) is 13.0. The van der Waals surface area contributed by atoms with E-state index in [0.29, 0.717) is 12.1 Å². The van der Waals surface area contributed by atoms with Crippen LogP contribution in [0.4, 0.5) is 5.69 Å². The van der Waals surface area contributed by atoms with Crippen LogP contribution >= 0.6 is 11.3 Å². The van der Waals surface area contributed by atoms with Gasteiger partial charge in [0.25, 0.3) is 5.91 Å². The van der Waals surface area contributed by atoms with E-state index in [2.05, 4.69) is 5.32 Å². The largest absolute Gasteiger partial charge is 0.487 e. The molecule has 1 aromatic carbocycles. The smallest absolute Gasteiger partial charge is 0.261 e. The first-order valence-corrected chi connectivity index (χ1v) is 8.11. The van der Waals surface area contributed by atoms with Gasteiger partial charge < -0.3 is 15.8 Å². The van der Waals surface area contributed by atoms with Crippen LogP contribution in [0.1, 0.15) is 46.4 Å². The van der Waals surface area contributed by atoms with Crippen LogP contribution in [-0.2, 0) is 0 Å². The van der Waals surface area contributed by atoms with Crippen molar-refractivity contribution in [2.45, 2.75) is 38.8 Å². The van der Waals surface area contributed by atoms with E-state index in [0.717, 1.165) is 21.1 Å². The van der Waals surface area contributed by atoms with Gasteiger partial charge in [-0.1, -0.05) is 0 Å². The number of anilines is 1. The molecule has 0 spiro atoms. The second kappa shape index (κ2) is 5.32. The summed E-state index contributed by atoms with van der Waals surface area (Å²) in [6, 6.07) is 9.30. The predicted octanol–water partition coefficient (Wildman–Crippen LogP) is 3.67. The number of hydrogen-bond donors (Lipinski definition) is 2. The van der Waals surface area contributed by atoms with Gasteiger partial charge in [-0.15, -0.1) is 11.3 Å². The Morgan fingerprint density at radius 1 is 1.36 bits per heavy atom. The monoisotopic (exact) mass is 316 g/mol. The molecule has 5 heteroatoms. The molecule has 1 unspecified atom stereocenters. The number of nitrogen functional groups attached to an aromatic ring is 1. The lowest BCUT2D eigenvalue weighted by molar-refractivity contribution is 0.0621. The van der Waals surface area contributed by atoms with Gasteiger partial charge >= 0.3 is 0 Å². The first-order valence-electron chi connectivity index (χ1n) is 7.30. The van der Waals surface area contributed by atoms with Crippen LogP contribution in [0, 0.1) is 6.92 Å². The summed E-state index contributed by atoms with van der Waals surface area (Å²) in [4.78, 5) is 14.3. The van der Waals surface area contributed by atoms with Crippen molar-refractivity contribution in [3.05, 3.63) is 45.6 Å². The third kappa shape index (κ3) is 2.95. The third-order valence-corrected chi connectivity index (χ3v) is 4.76. The topological polar surface area (TPSA) is 64.3 Å². The van der Waals surface area contributed by atoms with Crippen LogP contribution < -0.4 is 15.8 Å². The van der Waals surface area contributed by atoms with Gasteiger partial charge in [0.15, 0.2) is 0 Å². The van der Waals surface area contributed by atoms with Gasteiger partial charge in [-0.05, 0) is 51.1 Å². The molecular formula is C17H20N2O2S. The zero-order valence-corrected chi connectivity index (χ0v) is 13.8. The Balaban J connectivity index is 1.90. The minimum absolute atomic E-state index is 0.0471. The Hall–Kier alpha value is -2.01. The van der Waals surface area contributed by atoms with Crippen LogP contribution in [0.2, 0.25) is 0 Å². The van der Waals surface area contributed by atoms with Crippen molar-refractivity contribution in [3.8, 4) is 5.75 Å². The molecule has 2 aromatic rings. The van der Waals surface area contributed by atoms with Gasteiger partial charge in [0.1, 0.15) is 11.4 Å². The Morgan fingerprint density at radius 2 is 2.14 bits per heavy atom. The van der Waals surface area contributed by atoms with Crippen molar-refractivity contribution in [3.63, 3.8) is 0 Å². The summed E-state index contributed by atoms with van der Waals surface area (Å²) >= 11 is 1.50. The average molecular weight is 316 g/mol. The maximum absolute atomic E-state index is 12.5. The number of rotatable bonds is 2. The van der Waals surface area contributed by atoms with Crippen LogP contribution in [-0.4, -0.2) is 11.5 Å². The van der Waals surface area contributed by atoms with Crippen LogP contribution in [0.15, 0.2) is 30.3 Å². The summed E-state index contributed by atoms with van der Waals surface area (Å²) in [5.41, 5.74) is 7.18. The number of fused-ring (bicyclic) bond motifs is 1. The van der Waals surface area contributed by atoms with Crippen LogP contribution in [0.25, 0.3) is 0 Å². The van der Waals surface area contributed by atoms with Crippen molar-refractivity contribution >= 4 is 22.9 Å². The normalized spacial score (nSPS) is 19.1. The molecule has 116 valence electrons. The Bertz CT molecular complexity index is 721. The van der Waals surface area contributed by atoms with Gasteiger partial charge in [-0.2, -0.15) is 0 Å². The molecule has 1 aliphatic heterocycles. The average Bonchev–Trinajstić information content (AvgIpc) is 2.85. The Kier molecular flexibility index (Phi) is 3.60. The fourth-order valence-electron chi connectivity index (χ4n) is 2.79. The van der Waals surface area contributed by atoms with Gasteiger partial charge in [-0.3, -0.25) is 4.79 Å². The second-order valence-electron chi connectivity index (χ2n) is 6.30. The molecule has 1 atom stereocenters. The molecule has 0 bridgehead atoms. The summed E-state index contributed by atoms with van der Waals surface area (Å²) in [5, 5.41) is 3.12. The molecule has 3 rings (SSSR count). The summed E-state index contributed by atoms with van der Waals surface area (Å²) in [6.45, 7) is 6.05. The van der Waals surface area contributed by atoms with Crippen molar-refractivity contribution in [2.24, 2.45) is 0 Å². The van der Waals surface area contributed by atoms with Crippen LogP contribution in [0.5, 0.6) is 5.75 Å². The highest BCUT2D eigenvalue weighted by Crippen LogP contribution is 2.40. The lowest BCUT2D eigenvalue weighted by Gasteiger charge is -2.38. The molecule has 0 saturated carbocycles. The number of nitrogens with two attached hydrogens (primary N) is 1. The summed E-state index contributed by atoms with van der Waals surface area (Å²) in [5.74, 6) is 0.743.